The van der Waals surface area contributed by atoms with E-state index in [1.54, 1.807) is 6.07 Å². The van der Waals surface area contributed by atoms with Crippen molar-refractivity contribution in [2.24, 2.45) is 5.73 Å². The zero-order valence-electron chi connectivity index (χ0n) is 6.46. The Labute approximate surface area is 66.3 Å². The van der Waals surface area contributed by atoms with Gasteiger partial charge in [-0.3, -0.25) is 0 Å². The normalized spacial score (nSPS) is 9.18. The van der Waals surface area contributed by atoms with E-state index >= 15 is 0 Å². The van der Waals surface area contributed by atoms with Crippen LogP contribution in [0.25, 0.3) is 0 Å². The van der Waals surface area contributed by atoms with Crippen molar-refractivity contribution in [2.45, 2.75) is 13.5 Å². The maximum Gasteiger partial charge on any atom is 0.0995 e. The second-order valence-corrected chi connectivity index (χ2v) is 2.42. The summed E-state index contributed by atoms with van der Waals surface area (Å²) < 4.78 is 0. The first-order chi connectivity index (χ1) is 5.29. The van der Waals surface area contributed by atoms with E-state index in [1.165, 1.54) is 0 Å². The summed E-state index contributed by atoms with van der Waals surface area (Å²) in [5.74, 6) is 0. The fraction of sp³-hybridized carbons (Fsp3) is 0.222. The Morgan fingerprint density at radius 1 is 1.55 bits per heavy atom. The lowest BCUT2D eigenvalue weighted by molar-refractivity contribution is 1.04. The zero-order chi connectivity index (χ0) is 8.27. The first-order valence-electron chi connectivity index (χ1n) is 3.48. The molecule has 2 N–H and O–H groups in total. The molecule has 0 aliphatic heterocycles. The van der Waals surface area contributed by atoms with E-state index in [2.05, 4.69) is 6.07 Å². The molecule has 1 aromatic carbocycles. The van der Waals surface area contributed by atoms with Crippen molar-refractivity contribution in [3.63, 3.8) is 0 Å². The molecule has 2 heteroatoms. The van der Waals surface area contributed by atoms with Crippen molar-refractivity contribution in [1.29, 1.82) is 5.26 Å². The van der Waals surface area contributed by atoms with Gasteiger partial charge in [-0.05, 0) is 24.1 Å². The summed E-state index contributed by atoms with van der Waals surface area (Å²) in [6.45, 7) is 2.40. The van der Waals surface area contributed by atoms with Gasteiger partial charge in [0, 0.05) is 6.54 Å². The van der Waals surface area contributed by atoms with Crippen LogP contribution in [0.3, 0.4) is 0 Å². The molecule has 0 amide bonds. The van der Waals surface area contributed by atoms with E-state index in [4.69, 9.17) is 11.0 Å². The Morgan fingerprint density at radius 3 is 2.73 bits per heavy atom. The minimum Gasteiger partial charge on any atom is -0.326 e. The Bertz CT molecular complexity index is 297. The van der Waals surface area contributed by atoms with Crippen molar-refractivity contribution >= 4 is 0 Å². The van der Waals surface area contributed by atoms with E-state index in [0.717, 1.165) is 11.1 Å². The van der Waals surface area contributed by atoms with Gasteiger partial charge in [0.15, 0.2) is 0 Å². The highest BCUT2D eigenvalue weighted by Crippen LogP contribution is 2.11. The van der Waals surface area contributed by atoms with Crippen LogP contribution in [-0.2, 0) is 6.54 Å². The third kappa shape index (κ3) is 1.39. The van der Waals surface area contributed by atoms with Gasteiger partial charge in [0.2, 0.25) is 0 Å². The lowest BCUT2D eigenvalue weighted by Gasteiger charge is -2.02. The summed E-state index contributed by atoms with van der Waals surface area (Å²) in [4.78, 5) is 0. The first kappa shape index (κ1) is 7.77. The van der Waals surface area contributed by atoms with E-state index in [1.807, 2.05) is 19.1 Å². The molecule has 0 radical (unpaired) electrons. The highest BCUT2D eigenvalue weighted by molar-refractivity contribution is 5.41. The molecule has 0 unspecified atom stereocenters. The summed E-state index contributed by atoms with van der Waals surface area (Å²) in [6, 6.07) is 7.72. The standard InChI is InChI=1S/C9H10N2/c1-7-3-2-4-8(5-10)9(7)6-11/h2-4H,6,11H2,1H3. The smallest absolute Gasteiger partial charge is 0.0995 e. The zero-order valence-corrected chi connectivity index (χ0v) is 6.46. The van der Waals surface area contributed by atoms with Gasteiger partial charge in [0.25, 0.3) is 0 Å². The Hall–Kier alpha value is -1.33. The lowest BCUT2D eigenvalue weighted by atomic mass is 10.0. The van der Waals surface area contributed by atoms with Gasteiger partial charge in [0.1, 0.15) is 0 Å². The topological polar surface area (TPSA) is 49.8 Å². The number of hydrogen-bond acceptors (Lipinski definition) is 2. The van der Waals surface area contributed by atoms with Crippen molar-refractivity contribution < 1.29 is 0 Å². The Balaban J connectivity index is 3.27. The molecule has 2 nitrogen and oxygen atoms in total. The molecule has 0 heterocycles. The van der Waals surface area contributed by atoms with Crippen molar-refractivity contribution in [2.75, 3.05) is 0 Å². The summed E-state index contributed by atoms with van der Waals surface area (Å²) in [5.41, 5.74) is 8.21. The molecule has 56 valence electrons. The second kappa shape index (κ2) is 3.18. The number of hydrogen-bond donors (Lipinski definition) is 1. The quantitative estimate of drug-likeness (QED) is 0.649. The maximum atomic E-state index is 8.67. The van der Waals surface area contributed by atoms with Crippen LogP contribution in [0.5, 0.6) is 0 Å². The van der Waals surface area contributed by atoms with Crippen LogP contribution in [0.2, 0.25) is 0 Å². The third-order valence-electron chi connectivity index (χ3n) is 1.73. The third-order valence-corrected chi connectivity index (χ3v) is 1.73. The molecule has 1 rings (SSSR count). The van der Waals surface area contributed by atoms with E-state index in [0.29, 0.717) is 12.1 Å². The second-order valence-electron chi connectivity index (χ2n) is 2.42. The number of nitrogens with zero attached hydrogens (tertiary/aromatic N) is 1. The molecule has 0 aromatic heterocycles. The van der Waals surface area contributed by atoms with Gasteiger partial charge in [-0.25, -0.2) is 0 Å². The Kier molecular flexibility index (Phi) is 2.25. The number of benzene rings is 1. The van der Waals surface area contributed by atoms with Gasteiger partial charge in [-0.15, -0.1) is 0 Å². The van der Waals surface area contributed by atoms with Crippen molar-refractivity contribution in [3.8, 4) is 6.07 Å². The fourth-order valence-corrected chi connectivity index (χ4v) is 1.08. The van der Waals surface area contributed by atoms with E-state index in [9.17, 15) is 0 Å². The van der Waals surface area contributed by atoms with Crippen LogP contribution in [0.15, 0.2) is 18.2 Å². The summed E-state index contributed by atoms with van der Waals surface area (Å²) in [5, 5.41) is 8.67. The molecule has 0 bridgehead atoms. The van der Waals surface area contributed by atoms with E-state index < -0.39 is 0 Å². The predicted octanol–water partition coefficient (Wildman–Crippen LogP) is 1.33. The molecule has 1 aromatic rings. The van der Waals surface area contributed by atoms with Gasteiger partial charge in [-0.1, -0.05) is 12.1 Å². The first-order valence-corrected chi connectivity index (χ1v) is 3.48. The fourth-order valence-electron chi connectivity index (χ4n) is 1.08. The van der Waals surface area contributed by atoms with Crippen LogP contribution in [-0.4, -0.2) is 0 Å². The summed E-state index contributed by atoms with van der Waals surface area (Å²) >= 11 is 0. The maximum absolute atomic E-state index is 8.67. The molecule has 11 heavy (non-hydrogen) atoms. The van der Waals surface area contributed by atoms with Crippen molar-refractivity contribution in [1.82, 2.24) is 0 Å². The number of nitrogens with two attached hydrogens (primary N) is 1. The molecule has 0 aliphatic rings. The van der Waals surface area contributed by atoms with Gasteiger partial charge in [0.05, 0.1) is 11.6 Å². The van der Waals surface area contributed by atoms with Gasteiger partial charge in [-0.2, -0.15) is 5.26 Å². The minimum atomic E-state index is 0.440. The average Bonchev–Trinajstić information content (AvgIpc) is 2.04. The summed E-state index contributed by atoms with van der Waals surface area (Å²) in [6.07, 6.45) is 0. The number of aryl methyl sites for hydroxylation is 1. The van der Waals surface area contributed by atoms with Crippen LogP contribution >= 0.6 is 0 Å². The molecule has 0 saturated carbocycles. The lowest BCUT2D eigenvalue weighted by Crippen LogP contribution is -2.01. The molecular formula is C9H10N2. The van der Waals surface area contributed by atoms with Crippen molar-refractivity contribution in [3.05, 3.63) is 34.9 Å². The summed E-state index contributed by atoms with van der Waals surface area (Å²) in [7, 11) is 0. The molecule has 0 spiro atoms. The largest absolute Gasteiger partial charge is 0.326 e. The Morgan fingerprint density at radius 2 is 2.27 bits per heavy atom. The predicted molar refractivity (Wildman–Crippen MR) is 43.8 cm³/mol. The average molecular weight is 146 g/mol. The van der Waals surface area contributed by atoms with Crippen LogP contribution in [0.1, 0.15) is 16.7 Å². The van der Waals surface area contributed by atoms with Crippen LogP contribution in [0.4, 0.5) is 0 Å². The molecule has 0 atom stereocenters. The SMILES string of the molecule is Cc1cccc(C#N)c1CN. The molecule has 0 aliphatic carbocycles. The van der Waals surface area contributed by atoms with Gasteiger partial charge >= 0.3 is 0 Å². The monoisotopic (exact) mass is 146 g/mol. The molecule has 0 fully saturated rings. The van der Waals surface area contributed by atoms with E-state index in [-0.39, 0.29) is 0 Å². The molecular weight excluding hydrogens is 136 g/mol. The highest BCUT2D eigenvalue weighted by Gasteiger charge is 2.00. The number of nitriles is 1. The number of rotatable bonds is 1. The van der Waals surface area contributed by atoms with Crippen LogP contribution in [0, 0.1) is 18.3 Å². The highest BCUT2D eigenvalue weighted by atomic mass is 14.5. The minimum absolute atomic E-state index is 0.440. The van der Waals surface area contributed by atoms with Gasteiger partial charge < -0.3 is 5.73 Å². The van der Waals surface area contributed by atoms with Crippen LogP contribution < -0.4 is 5.73 Å². The molecule has 0 saturated heterocycles.